The summed E-state index contributed by atoms with van der Waals surface area (Å²) in [5, 5.41) is 5.25. The molecule has 0 unspecified atom stereocenters. The second-order valence-corrected chi connectivity index (χ2v) is 6.93. The molecular weight excluding hydrogens is 437 g/mol. The first-order valence-electron chi connectivity index (χ1n) is 8.13. The molecule has 0 fully saturated rings. The number of imidazole rings is 1. The minimum absolute atomic E-state index is 0. The number of H-pyrrole nitrogens is 1. The number of methoxy groups -OCH3 is 1. The summed E-state index contributed by atoms with van der Waals surface area (Å²) in [4.78, 5) is 32.2. The van der Waals surface area contributed by atoms with Gasteiger partial charge in [-0.15, -0.1) is 24.8 Å². The standard InChI is InChI=1S/C18H19N5O3S.2ClH/c1-10(19)16(24)20-11-3-5-12(6-4-11)27-13-7-8-14-15(9-13)22-17(21-14)23-18(25)26-2;;/h3-10H,19H2,1-2H3,(H,20,24)(H2,21,22,23,25);2*1H/t10-;;/m0../s1. The number of amides is 2. The minimum atomic E-state index is -0.583. The lowest BCUT2D eigenvalue weighted by Crippen LogP contribution is -2.32. The zero-order valence-corrected chi connectivity index (χ0v) is 18.0. The van der Waals surface area contributed by atoms with E-state index in [1.54, 1.807) is 18.7 Å². The average Bonchev–Trinajstić information content (AvgIpc) is 3.04. The van der Waals surface area contributed by atoms with Crippen LogP contribution in [0.15, 0.2) is 52.3 Å². The fourth-order valence-electron chi connectivity index (χ4n) is 2.26. The quantitative estimate of drug-likeness (QED) is 0.458. The van der Waals surface area contributed by atoms with Crippen LogP contribution in [0.5, 0.6) is 0 Å². The molecule has 0 saturated carbocycles. The van der Waals surface area contributed by atoms with Crippen molar-refractivity contribution >= 4 is 71.2 Å². The fourth-order valence-corrected chi connectivity index (χ4v) is 3.11. The number of halogens is 2. The maximum Gasteiger partial charge on any atom is 0.413 e. The molecule has 3 rings (SSSR count). The molecule has 11 heteroatoms. The first-order valence-corrected chi connectivity index (χ1v) is 8.95. The number of rotatable bonds is 5. The van der Waals surface area contributed by atoms with E-state index in [-0.39, 0.29) is 30.7 Å². The van der Waals surface area contributed by atoms with Crippen LogP contribution in [0, 0.1) is 0 Å². The summed E-state index contributed by atoms with van der Waals surface area (Å²) in [6.45, 7) is 1.64. The molecule has 0 radical (unpaired) electrons. The van der Waals surface area contributed by atoms with Crippen LogP contribution in [0.2, 0.25) is 0 Å². The SMILES string of the molecule is COC(=O)Nc1nc2ccc(Sc3ccc(NC(=O)[C@H](C)N)cc3)cc2[nH]1.Cl.Cl. The molecule has 0 bridgehead atoms. The second-order valence-electron chi connectivity index (χ2n) is 5.79. The van der Waals surface area contributed by atoms with Crippen molar-refractivity contribution in [3.05, 3.63) is 42.5 Å². The van der Waals surface area contributed by atoms with Gasteiger partial charge in [0.25, 0.3) is 0 Å². The third-order valence-corrected chi connectivity index (χ3v) is 4.63. The average molecular weight is 458 g/mol. The Morgan fingerprint density at radius 2 is 1.76 bits per heavy atom. The molecule has 156 valence electrons. The Morgan fingerprint density at radius 1 is 1.10 bits per heavy atom. The largest absolute Gasteiger partial charge is 0.453 e. The van der Waals surface area contributed by atoms with Gasteiger partial charge in [-0.2, -0.15) is 0 Å². The number of carbonyl (C=O) groups excluding carboxylic acids is 2. The summed E-state index contributed by atoms with van der Waals surface area (Å²) in [7, 11) is 1.29. The van der Waals surface area contributed by atoms with Crippen molar-refractivity contribution in [3.63, 3.8) is 0 Å². The van der Waals surface area contributed by atoms with Gasteiger partial charge in [-0.05, 0) is 49.4 Å². The van der Waals surface area contributed by atoms with Gasteiger partial charge in [0.1, 0.15) is 0 Å². The first-order chi connectivity index (χ1) is 12.9. The van der Waals surface area contributed by atoms with E-state index in [1.165, 1.54) is 7.11 Å². The molecule has 29 heavy (non-hydrogen) atoms. The molecule has 0 aliphatic rings. The van der Waals surface area contributed by atoms with Crippen molar-refractivity contribution in [2.24, 2.45) is 5.73 Å². The van der Waals surface area contributed by atoms with Crippen LogP contribution in [0.25, 0.3) is 11.0 Å². The number of hydrogen-bond donors (Lipinski definition) is 4. The molecule has 0 saturated heterocycles. The van der Waals surface area contributed by atoms with Crippen molar-refractivity contribution in [3.8, 4) is 0 Å². The third kappa shape index (κ3) is 6.53. The summed E-state index contributed by atoms with van der Waals surface area (Å²) < 4.78 is 4.55. The molecule has 2 aromatic carbocycles. The van der Waals surface area contributed by atoms with Crippen LogP contribution in [-0.4, -0.2) is 35.1 Å². The lowest BCUT2D eigenvalue weighted by Gasteiger charge is -2.08. The zero-order valence-electron chi connectivity index (χ0n) is 15.6. The van der Waals surface area contributed by atoms with Crippen LogP contribution in [0.4, 0.5) is 16.4 Å². The second kappa shape index (κ2) is 10.9. The predicted molar refractivity (Wildman–Crippen MR) is 119 cm³/mol. The van der Waals surface area contributed by atoms with Gasteiger partial charge < -0.3 is 20.8 Å². The summed E-state index contributed by atoms with van der Waals surface area (Å²) >= 11 is 1.57. The maximum atomic E-state index is 11.6. The molecule has 8 nitrogen and oxygen atoms in total. The molecule has 0 spiro atoms. The normalized spacial score (nSPS) is 11.0. The maximum absolute atomic E-state index is 11.6. The van der Waals surface area contributed by atoms with Crippen LogP contribution in [0.1, 0.15) is 6.92 Å². The smallest absolute Gasteiger partial charge is 0.413 e. The highest BCUT2D eigenvalue weighted by Gasteiger charge is 2.09. The Kier molecular flexibility index (Phi) is 9.25. The van der Waals surface area contributed by atoms with E-state index in [0.29, 0.717) is 11.6 Å². The van der Waals surface area contributed by atoms with Crippen molar-refractivity contribution in [1.29, 1.82) is 0 Å². The number of nitrogens with two attached hydrogens (primary N) is 1. The van der Waals surface area contributed by atoms with Gasteiger partial charge in [0.15, 0.2) is 0 Å². The Labute approximate surface area is 184 Å². The predicted octanol–water partition coefficient (Wildman–Crippen LogP) is 4.02. The molecule has 5 N–H and O–H groups in total. The van der Waals surface area contributed by atoms with E-state index in [1.807, 2.05) is 42.5 Å². The number of hydrogen-bond acceptors (Lipinski definition) is 6. The molecule has 1 atom stereocenters. The van der Waals surface area contributed by atoms with Gasteiger partial charge in [-0.25, -0.2) is 9.78 Å². The number of nitrogens with one attached hydrogen (secondary N) is 3. The molecule has 1 aromatic heterocycles. The highest BCUT2D eigenvalue weighted by atomic mass is 35.5. The Bertz CT molecular complexity index is 979. The number of carbonyl (C=O) groups is 2. The summed E-state index contributed by atoms with van der Waals surface area (Å²) in [6, 6.07) is 12.7. The lowest BCUT2D eigenvalue weighted by molar-refractivity contribution is -0.117. The Balaban J connectivity index is 0.00000210. The van der Waals surface area contributed by atoms with Gasteiger partial charge in [0, 0.05) is 15.5 Å². The van der Waals surface area contributed by atoms with Crippen molar-refractivity contribution < 1.29 is 14.3 Å². The first kappa shape index (κ1) is 24.6. The van der Waals surface area contributed by atoms with Crippen LogP contribution in [-0.2, 0) is 9.53 Å². The van der Waals surface area contributed by atoms with E-state index in [0.717, 1.165) is 20.8 Å². The fraction of sp³-hybridized carbons (Fsp3) is 0.167. The topological polar surface area (TPSA) is 122 Å². The number of aromatic nitrogens is 2. The molecule has 1 heterocycles. The van der Waals surface area contributed by atoms with Crippen molar-refractivity contribution in [1.82, 2.24) is 9.97 Å². The molecule has 3 aromatic rings. The highest BCUT2D eigenvalue weighted by Crippen LogP contribution is 2.30. The zero-order chi connectivity index (χ0) is 19.4. The van der Waals surface area contributed by atoms with Crippen LogP contribution < -0.4 is 16.4 Å². The van der Waals surface area contributed by atoms with E-state index in [9.17, 15) is 9.59 Å². The van der Waals surface area contributed by atoms with Gasteiger partial charge >= 0.3 is 6.09 Å². The molecule has 2 amide bonds. The number of aromatic amines is 1. The number of anilines is 2. The summed E-state index contributed by atoms with van der Waals surface area (Å²) in [5.74, 6) is 0.102. The van der Waals surface area contributed by atoms with Gasteiger partial charge in [-0.1, -0.05) is 11.8 Å². The summed E-state index contributed by atoms with van der Waals surface area (Å²) in [5.41, 5.74) is 7.78. The molecular formula is C18H21Cl2N5O3S. The third-order valence-electron chi connectivity index (χ3n) is 3.63. The Morgan fingerprint density at radius 3 is 2.38 bits per heavy atom. The lowest BCUT2D eigenvalue weighted by atomic mass is 10.3. The monoisotopic (exact) mass is 457 g/mol. The van der Waals surface area contributed by atoms with Gasteiger partial charge in [0.2, 0.25) is 11.9 Å². The van der Waals surface area contributed by atoms with E-state index in [2.05, 4.69) is 25.3 Å². The van der Waals surface area contributed by atoms with Gasteiger partial charge in [-0.3, -0.25) is 10.1 Å². The number of nitrogens with zero attached hydrogens (tertiary/aromatic N) is 1. The van der Waals surface area contributed by atoms with E-state index < -0.39 is 12.1 Å². The van der Waals surface area contributed by atoms with Crippen molar-refractivity contribution in [2.45, 2.75) is 22.8 Å². The van der Waals surface area contributed by atoms with Gasteiger partial charge in [0.05, 0.1) is 24.2 Å². The minimum Gasteiger partial charge on any atom is -0.453 e. The van der Waals surface area contributed by atoms with E-state index >= 15 is 0 Å². The highest BCUT2D eigenvalue weighted by molar-refractivity contribution is 7.99. The molecule has 0 aliphatic carbocycles. The van der Waals surface area contributed by atoms with Crippen LogP contribution >= 0.6 is 36.6 Å². The van der Waals surface area contributed by atoms with Crippen LogP contribution in [0.3, 0.4) is 0 Å². The van der Waals surface area contributed by atoms with Crippen molar-refractivity contribution in [2.75, 3.05) is 17.7 Å². The number of fused-ring (bicyclic) bond motifs is 1. The Hall–Kier alpha value is -2.46. The van der Waals surface area contributed by atoms with E-state index in [4.69, 9.17) is 5.73 Å². The summed E-state index contributed by atoms with van der Waals surface area (Å²) in [6.07, 6.45) is -0.583. The number of benzene rings is 2. The number of ether oxygens (including phenoxy) is 1. The molecule has 0 aliphatic heterocycles.